The summed E-state index contributed by atoms with van der Waals surface area (Å²) in [5.41, 5.74) is 0.876. The predicted octanol–water partition coefficient (Wildman–Crippen LogP) is 1.29. The van der Waals surface area contributed by atoms with Crippen LogP contribution in [0.15, 0.2) is 24.8 Å². The second-order valence-electron chi connectivity index (χ2n) is 6.08. The van der Waals surface area contributed by atoms with Gasteiger partial charge in [-0.1, -0.05) is 0 Å². The zero-order valence-electron chi connectivity index (χ0n) is 14.9. The number of imidazole rings is 1. The van der Waals surface area contributed by atoms with E-state index in [4.69, 9.17) is 4.74 Å². The molecule has 0 aliphatic carbocycles. The second kappa shape index (κ2) is 7.50. The number of amides is 1. The fourth-order valence-electron chi connectivity index (χ4n) is 2.90. The van der Waals surface area contributed by atoms with E-state index >= 15 is 0 Å². The summed E-state index contributed by atoms with van der Waals surface area (Å²) in [7, 11) is 0. The first-order valence-electron chi connectivity index (χ1n) is 8.58. The topological polar surface area (TPSA) is 76.4 Å². The largest absolute Gasteiger partial charge is 0.478 e. The zero-order chi connectivity index (χ0) is 17.8. The van der Waals surface area contributed by atoms with Crippen LogP contribution >= 0.6 is 0 Å². The quantitative estimate of drug-likeness (QED) is 0.813. The molecule has 134 valence electrons. The molecule has 3 heterocycles. The maximum absolute atomic E-state index is 12.6. The predicted molar refractivity (Wildman–Crippen MR) is 93.7 cm³/mol. The van der Waals surface area contributed by atoms with Crippen molar-refractivity contribution in [3.63, 3.8) is 0 Å². The Morgan fingerprint density at radius 3 is 2.68 bits per heavy atom. The third-order valence-corrected chi connectivity index (χ3v) is 4.31. The van der Waals surface area contributed by atoms with E-state index < -0.39 is 0 Å². The van der Waals surface area contributed by atoms with Crippen LogP contribution in [0.4, 0.5) is 5.95 Å². The number of piperazine rings is 1. The van der Waals surface area contributed by atoms with Crippen molar-refractivity contribution in [2.24, 2.45) is 0 Å². The van der Waals surface area contributed by atoms with Crippen LogP contribution in [-0.4, -0.2) is 63.1 Å². The number of aromatic nitrogens is 4. The molecule has 2 aromatic rings. The Labute approximate surface area is 147 Å². The van der Waals surface area contributed by atoms with Gasteiger partial charge < -0.3 is 19.1 Å². The minimum absolute atomic E-state index is 0.109. The van der Waals surface area contributed by atoms with E-state index in [-0.39, 0.29) is 11.9 Å². The van der Waals surface area contributed by atoms with Crippen LogP contribution in [0.1, 0.15) is 25.6 Å². The van der Waals surface area contributed by atoms with E-state index in [1.165, 1.54) is 0 Å². The van der Waals surface area contributed by atoms with Crippen LogP contribution in [-0.2, 0) is 4.79 Å². The van der Waals surface area contributed by atoms with E-state index in [0.29, 0.717) is 44.6 Å². The molecule has 8 heteroatoms. The van der Waals surface area contributed by atoms with Crippen LogP contribution in [0.25, 0.3) is 0 Å². The molecular formula is C17H24N6O2. The molecule has 1 saturated heterocycles. The Hall–Kier alpha value is -2.64. The number of hydrogen-bond donors (Lipinski definition) is 0. The van der Waals surface area contributed by atoms with Gasteiger partial charge in [0, 0.05) is 50.3 Å². The molecule has 0 unspecified atom stereocenters. The highest BCUT2D eigenvalue weighted by atomic mass is 16.5. The average Bonchev–Trinajstić information content (AvgIpc) is 3.15. The van der Waals surface area contributed by atoms with Crippen LogP contribution in [0.5, 0.6) is 5.88 Å². The number of rotatable bonds is 5. The van der Waals surface area contributed by atoms with E-state index in [1.807, 2.05) is 42.5 Å². The molecule has 2 aromatic heterocycles. The first-order valence-corrected chi connectivity index (χ1v) is 8.58. The van der Waals surface area contributed by atoms with Gasteiger partial charge in [-0.25, -0.2) is 9.97 Å². The molecule has 8 nitrogen and oxygen atoms in total. The van der Waals surface area contributed by atoms with Gasteiger partial charge in [-0.2, -0.15) is 4.98 Å². The molecule has 0 aromatic carbocycles. The van der Waals surface area contributed by atoms with Gasteiger partial charge in [0.05, 0.1) is 12.9 Å². The molecule has 1 amide bonds. The van der Waals surface area contributed by atoms with Gasteiger partial charge in [-0.15, -0.1) is 0 Å². The summed E-state index contributed by atoms with van der Waals surface area (Å²) >= 11 is 0. The van der Waals surface area contributed by atoms with E-state index in [1.54, 1.807) is 12.5 Å². The Kier molecular flexibility index (Phi) is 5.16. The summed E-state index contributed by atoms with van der Waals surface area (Å²) in [6.45, 7) is 9.05. The molecule has 0 bridgehead atoms. The van der Waals surface area contributed by atoms with Gasteiger partial charge in [-0.05, 0) is 20.8 Å². The lowest BCUT2D eigenvalue weighted by Gasteiger charge is -2.36. The smallest absolute Gasteiger partial charge is 0.245 e. The normalized spacial score (nSPS) is 16.0. The maximum atomic E-state index is 12.6. The Balaban J connectivity index is 1.63. The lowest BCUT2D eigenvalue weighted by Crippen LogP contribution is -2.50. The van der Waals surface area contributed by atoms with Crippen LogP contribution in [0.3, 0.4) is 0 Å². The van der Waals surface area contributed by atoms with Crippen LogP contribution in [0.2, 0.25) is 0 Å². The summed E-state index contributed by atoms with van der Waals surface area (Å²) in [6, 6.07) is 1.59. The minimum atomic E-state index is -0.242. The van der Waals surface area contributed by atoms with Gasteiger partial charge in [0.2, 0.25) is 17.7 Å². The zero-order valence-corrected chi connectivity index (χ0v) is 14.9. The molecule has 1 aliphatic rings. The number of carbonyl (C=O) groups is 1. The summed E-state index contributed by atoms with van der Waals surface area (Å²) in [5.74, 6) is 1.37. The molecule has 0 radical (unpaired) electrons. The number of anilines is 1. The van der Waals surface area contributed by atoms with Crippen molar-refractivity contribution in [3.05, 3.63) is 30.5 Å². The molecule has 1 fully saturated rings. The summed E-state index contributed by atoms with van der Waals surface area (Å²) in [4.78, 5) is 29.6. The van der Waals surface area contributed by atoms with Crippen molar-refractivity contribution in [1.29, 1.82) is 0 Å². The summed E-state index contributed by atoms with van der Waals surface area (Å²) in [5, 5.41) is 0. The van der Waals surface area contributed by atoms with E-state index in [2.05, 4.69) is 19.9 Å². The van der Waals surface area contributed by atoms with Gasteiger partial charge in [0.1, 0.15) is 6.04 Å². The van der Waals surface area contributed by atoms with E-state index in [9.17, 15) is 4.79 Å². The Bertz CT molecular complexity index is 710. The number of carbonyl (C=O) groups excluding carboxylic acids is 1. The number of ether oxygens (including phenoxy) is 1. The molecule has 0 spiro atoms. The fourth-order valence-corrected chi connectivity index (χ4v) is 2.90. The SMILES string of the molecule is CCOc1cc(C)nc(N2CCN(C(=O)[C@@H](C)n3ccnc3)CC2)n1. The Morgan fingerprint density at radius 1 is 1.28 bits per heavy atom. The third kappa shape index (κ3) is 3.89. The second-order valence-corrected chi connectivity index (χ2v) is 6.08. The average molecular weight is 344 g/mol. The molecule has 1 aliphatic heterocycles. The highest BCUT2D eigenvalue weighted by molar-refractivity contribution is 5.80. The van der Waals surface area contributed by atoms with Crippen molar-refractivity contribution >= 4 is 11.9 Å². The van der Waals surface area contributed by atoms with Crippen molar-refractivity contribution in [3.8, 4) is 5.88 Å². The van der Waals surface area contributed by atoms with Crippen molar-refractivity contribution in [1.82, 2.24) is 24.4 Å². The van der Waals surface area contributed by atoms with Gasteiger partial charge in [0.15, 0.2) is 0 Å². The third-order valence-electron chi connectivity index (χ3n) is 4.31. The summed E-state index contributed by atoms with van der Waals surface area (Å²) in [6.07, 6.45) is 5.18. The fraction of sp³-hybridized carbons (Fsp3) is 0.529. The number of nitrogens with zero attached hydrogens (tertiary/aromatic N) is 6. The summed E-state index contributed by atoms with van der Waals surface area (Å²) < 4.78 is 7.33. The first kappa shape index (κ1) is 17.2. The Morgan fingerprint density at radius 2 is 2.04 bits per heavy atom. The minimum Gasteiger partial charge on any atom is -0.478 e. The molecule has 1 atom stereocenters. The molecular weight excluding hydrogens is 320 g/mol. The maximum Gasteiger partial charge on any atom is 0.245 e. The highest BCUT2D eigenvalue weighted by Gasteiger charge is 2.26. The molecule has 25 heavy (non-hydrogen) atoms. The molecule has 0 saturated carbocycles. The van der Waals surface area contributed by atoms with Gasteiger partial charge >= 0.3 is 0 Å². The van der Waals surface area contributed by atoms with Gasteiger partial charge in [0.25, 0.3) is 0 Å². The number of hydrogen-bond acceptors (Lipinski definition) is 6. The van der Waals surface area contributed by atoms with Crippen molar-refractivity contribution in [2.45, 2.75) is 26.8 Å². The van der Waals surface area contributed by atoms with Crippen LogP contribution < -0.4 is 9.64 Å². The monoisotopic (exact) mass is 344 g/mol. The van der Waals surface area contributed by atoms with Crippen molar-refractivity contribution < 1.29 is 9.53 Å². The van der Waals surface area contributed by atoms with Crippen molar-refractivity contribution in [2.75, 3.05) is 37.7 Å². The van der Waals surface area contributed by atoms with Gasteiger partial charge in [-0.3, -0.25) is 4.79 Å². The number of aryl methyl sites for hydroxylation is 1. The lowest BCUT2D eigenvalue weighted by molar-refractivity contribution is -0.134. The standard InChI is InChI=1S/C17H24N6O2/c1-4-25-15-11-13(2)19-17(20-15)22-9-7-21(8-10-22)16(24)14(3)23-6-5-18-12-23/h5-6,11-12,14H,4,7-10H2,1-3H3/t14-/m1/s1. The lowest BCUT2D eigenvalue weighted by atomic mass is 10.2. The highest BCUT2D eigenvalue weighted by Crippen LogP contribution is 2.18. The molecule has 3 rings (SSSR count). The molecule has 0 N–H and O–H groups in total. The van der Waals surface area contributed by atoms with Crippen LogP contribution in [0, 0.1) is 6.92 Å². The van der Waals surface area contributed by atoms with E-state index in [0.717, 1.165) is 5.69 Å². The first-order chi connectivity index (χ1) is 12.1.